The summed E-state index contributed by atoms with van der Waals surface area (Å²) < 4.78 is 1.66. The van der Waals surface area contributed by atoms with Crippen LogP contribution in [-0.4, -0.2) is 31.7 Å². The van der Waals surface area contributed by atoms with Crippen molar-refractivity contribution >= 4 is 56.4 Å². The van der Waals surface area contributed by atoms with E-state index in [1.807, 2.05) is 24.4 Å². The van der Waals surface area contributed by atoms with Crippen LogP contribution >= 0.6 is 11.3 Å². The monoisotopic (exact) mass is 484 g/mol. The molecule has 11 heteroatoms. The maximum absolute atomic E-state index is 13.4. The lowest BCUT2D eigenvalue weighted by Gasteiger charge is -2.10. The number of thiophene rings is 1. The lowest BCUT2D eigenvalue weighted by Crippen LogP contribution is -2.19. The Hall–Kier alpha value is -4.77. The molecule has 2 aromatic carbocycles. The van der Waals surface area contributed by atoms with E-state index in [4.69, 9.17) is 5.73 Å². The molecule has 0 unspecified atom stereocenters. The Morgan fingerprint density at radius 1 is 0.914 bits per heavy atom. The van der Waals surface area contributed by atoms with Gasteiger partial charge in [-0.05, 0) is 36.4 Å². The van der Waals surface area contributed by atoms with Crippen molar-refractivity contribution in [1.29, 1.82) is 0 Å². The van der Waals surface area contributed by atoms with Crippen molar-refractivity contribution in [2.45, 2.75) is 0 Å². The van der Waals surface area contributed by atoms with Gasteiger partial charge in [0.15, 0.2) is 0 Å². The van der Waals surface area contributed by atoms with E-state index in [-0.39, 0.29) is 17.8 Å². The number of aromatic nitrogens is 4. The third-order valence-corrected chi connectivity index (χ3v) is 6.29. The summed E-state index contributed by atoms with van der Waals surface area (Å²) in [5.41, 5.74) is 9.10. The first kappa shape index (κ1) is 22.0. The Balaban J connectivity index is 1.36. The molecule has 0 spiro atoms. The van der Waals surface area contributed by atoms with Gasteiger partial charge >= 0.3 is 6.03 Å². The van der Waals surface area contributed by atoms with Gasteiger partial charge in [-0.1, -0.05) is 18.2 Å². The first-order chi connectivity index (χ1) is 17.0. The number of carbonyl (C=O) groups is 2. The molecule has 5 N–H and O–H groups in total. The van der Waals surface area contributed by atoms with Gasteiger partial charge in [0, 0.05) is 35.9 Å². The zero-order valence-corrected chi connectivity index (χ0v) is 19.3. The van der Waals surface area contributed by atoms with Crippen LogP contribution < -0.4 is 21.7 Å². The highest BCUT2D eigenvalue weighted by molar-refractivity contribution is 7.22. The van der Waals surface area contributed by atoms with E-state index in [0.29, 0.717) is 37.7 Å². The zero-order chi connectivity index (χ0) is 24.4. The van der Waals surface area contributed by atoms with Crippen LogP contribution in [-0.2, 0) is 7.05 Å². The number of rotatable bonds is 5. The predicted molar refractivity (Wildman–Crippen MR) is 138 cm³/mol. The van der Waals surface area contributed by atoms with E-state index < -0.39 is 0 Å². The van der Waals surface area contributed by atoms with Crippen molar-refractivity contribution in [2.75, 3.05) is 21.7 Å². The number of nitrogens with one attached hydrogen (secondary N) is 3. The van der Waals surface area contributed by atoms with Crippen molar-refractivity contribution in [3.05, 3.63) is 78.9 Å². The highest BCUT2D eigenvalue weighted by Crippen LogP contribution is 2.39. The molecule has 0 fully saturated rings. The number of nitrogens with two attached hydrogens (primary N) is 1. The molecule has 3 amide bonds. The van der Waals surface area contributed by atoms with Gasteiger partial charge in [-0.2, -0.15) is 5.10 Å². The Morgan fingerprint density at radius 3 is 2.23 bits per heavy atom. The van der Waals surface area contributed by atoms with E-state index in [9.17, 15) is 9.59 Å². The Morgan fingerprint density at radius 2 is 1.57 bits per heavy atom. The number of urea groups is 1. The Labute approximate surface area is 203 Å². The van der Waals surface area contributed by atoms with Crippen molar-refractivity contribution in [3.63, 3.8) is 0 Å². The second-order valence-electron chi connectivity index (χ2n) is 7.62. The maximum Gasteiger partial charge on any atom is 0.323 e. The summed E-state index contributed by atoms with van der Waals surface area (Å²) in [5, 5.41) is 13.1. The van der Waals surface area contributed by atoms with Crippen LogP contribution in [0.25, 0.3) is 20.7 Å². The van der Waals surface area contributed by atoms with Crippen LogP contribution in [0.1, 0.15) is 10.4 Å². The first-order valence-corrected chi connectivity index (χ1v) is 11.4. The van der Waals surface area contributed by atoms with Crippen LogP contribution in [0.2, 0.25) is 0 Å². The quantitative estimate of drug-likeness (QED) is 0.288. The van der Waals surface area contributed by atoms with Gasteiger partial charge in [0.1, 0.15) is 17.0 Å². The molecule has 10 nitrogen and oxygen atoms in total. The van der Waals surface area contributed by atoms with Crippen LogP contribution in [0.3, 0.4) is 0 Å². The van der Waals surface area contributed by atoms with Crippen molar-refractivity contribution in [3.8, 4) is 10.4 Å². The Bertz CT molecular complexity index is 1530. The SMILES string of the molecule is Cn1cc(-c2sc3ncnc(N)c3c2C(=O)Nc2ccc(NC(=O)Nc3ccccc3)cc2)cn1. The van der Waals surface area contributed by atoms with Gasteiger partial charge in [-0.3, -0.25) is 9.48 Å². The van der Waals surface area contributed by atoms with E-state index in [1.165, 1.54) is 17.7 Å². The molecule has 0 aliphatic carbocycles. The number of carbonyl (C=O) groups excluding carboxylic acids is 2. The number of hydrogen-bond donors (Lipinski definition) is 4. The molecule has 0 atom stereocenters. The highest BCUT2D eigenvalue weighted by atomic mass is 32.1. The molecular formula is C24H20N8O2S. The number of nitrogens with zero attached hydrogens (tertiary/aromatic N) is 4. The second kappa shape index (κ2) is 9.23. The molecule has 3 heterocycles. The minimum atomic E-state index is -0.366. The summed E-state index contributed by atoms with van der Waals surface area (Å²) in [4.78, 5) is 35.3. The number of para-hydroxylation sites is 1. The van der Waals surface area contributed by atoms with Crippen molar-refractivity contribution < 1.29 is 9.59 Å². The average molecular weight is 485 g/mol. The van der Waals surface area contributed by atoms with Crippen LogP contribution in [0, 0.1) is 0 Å². The molecule has 0 radical (unpaired) electrons. The van der Waals surface area contributed by atoms with Gasteiger partial charge in [-0.25, -0.2) is 14.8 Å². The van der Waals surface area contributed by atoms with E-state index in [0.717, 1.165) is 5.56 Å². The molecule has 0 aliphatic heterocycles. The number of hydrogen-bond acceptors (Lipinski definition) is 7. The van der Waals surface area contributed by atoms with Crippen LogP contribution in [0.15, 0.2) is 73.3 Å². The number of nitrogen functional groups attached to an aromatic ring is 1. The normalized spacial score (nSPS) is 10.8. The molecule has 5 rings (SSSR count). The maximum atomic E-state index is 13.4. The first-order valence-electron chi connectivity index (χ1n) is 10.5. The summed E-state index contributed by atoms with van der Waals surface area (Å²) in [6.07, 6.45) is 4.89. The third kappa shape index (κ3) is 4.66. The summed E-state index contributed by atoms with van der Waals surface area (Å²) in [6, 6.07) is 15.6. The predicted octanol–water partition coefficient (Wildman–Crippen LogP) is 4.57. The molecule has 174 valence electrons. The van der Waals surface area contributed by atoms with E-state index >= 15 is 0 Å². The number of amides is 3. The minimum absolute atomic E-state index is 0.232. The number of anilines is 4. The van der Waals surface area contributed by atoms with Gasteiger partial charge in [0.25, 0.3) is 5.91 Å². The summed E-state index contributed by atoms with van der Waals surface area (Å²) in [7, 11) is 1.81. The molecule has 0 saturated carbocycles. The van der Waals surface area contributed by atoms with Crippen molar-refractivity contribution in [2.24, 2.45) is 7.05 Å². The molecule has 3 aromatic heterocycles. The summed E-state index contributed by atoms with van der Waals surface area (Å²) in [6.45, 7) is 0. The highest BCUT2D eigenvalue weighted by Gasteiger charge is 2.24. The van der Waals surface area contributed by atoms with Crippen molar-refractivity contribution in [1.82, 2.24) is 19.7 Å². The Kier molecular flexibility index (Phi) is 5.81. The molecule has 0 saturated heterocycles. The topological polar surface area (TPSA) is 140 Å². The van der Waals surface area contributed by atoms with Gasteiger partial charge in [0.05, 0.1) is 22.0 Å². The largest absolute Gasteiger partial charge is 0.383 e. The molecule has 35 heavy (non-hydrogen) atoms. The fourth-order valence-corrected chi connectivity index (χ4v) is 4.68. The van der Waals surface area contributed by atoms with E-state index in [2.05, 4.69) is 31.0 Å². The minimum Gasteiger partial charge on any atom is -0.383 e. The number of aryl methyl sites for hydroxylation is 1. The lowest BCUT2D eigenvalue weighted by molar-refractivity contribution is 0.102. The molecular weight excluding hydrogens is 464 g/mol. The standard InChI is InChI=1S/C24H20N8O2S/c1-32-12-14(11-28-32)20-18(19-21(25)26-13-27-23(19)35-20)22(33)29-16-7-9-17(10-8-16)31-24(34)30-15-5-3-2-4-6-15/h2-13H,1H3,(H,29,33)(H2,25,26,27)(H2,30,31,34). The summed E-state index contributed by atoms with van der Waals surface area (Å²) >= 11 is 1.35. The van der Waals surface area contributed by atoms with E-state index in [1.54, 1.807) is 54.3 Å². The smallest absolute Gasteiger partial charge is 0.323 e. The molecule has 5 aromatic rings. The second-order valence-corrected chi connectivity index (χ2v) is 8.62. The molecule has 0 bridgehead atoms. The summed E-state index contributed by atoms with van der Waals surface area (Å²) in [5.74, 6) is -0.116. The number of fused-ring (bicyclic) bond motifs is 1. The molecule has 0 aliphatic rings. The van der Waals surface area contributed by atoms with Crippen LogP contribution in [0.5, 0.6) is 0 Å². The lowest BCUT2D eigenvalue weighted by atomic mass is 10.1. The third-order valence-electron chi connectivity index (χ3n) is 5.14. The fraction of sp³-hybridized carbons (Fsp3) is 0.0417. The zero-order valence-electron chi connectivity index (χ0n) is 18.5. The van der Waals surface area contributed by atoms with Gasteiger partial charge in [0.2, 0.25) is 0 Å². The van der Waals surface area contributed by atoms with Gasteiger partial charge < -0.3 is 21.7 Å². The number of benzene rings is 2. The average Bonchev–Trinajstić information content (AvgIpc) is 3.45. The fourth-order valence-electron chi connectivity index (χ4n) is 3.56. The van der Waals surface area contributed by atoms with Crippen LogP contribution in [0.4, 0.5) is 27.7 Å². The van der Waals surface area contributed by atoms with Gasteiger partial charge in [-0.15, -0.1) is 11.3 Å².